The fourth-order valence-electron chi connectivity index (χ4n) is 2.08. The molecule has 0 aliphatic rings. The van der Waals surface area contributed by atoms with E-state index in [0.29, 0.717) is 6.07 Å². The molecular formula is C14H20F3O5PS. The number of hydrogen-bond donors (Lipinski definition) is 0. The van der Waals surface area contributed by atoms with Gasteiger partial charge in [-0.25, -0.2) is 0 Å². The molecule has 0 amide bonds. The number of aryl methyl sites for hydroxylation is 1. The molecule has 0 aliphatic carbocycles. The first kappa shape index (κ1) is 21.2. The third kappa shape index (κ3) is 5.58. The molecule has 138 valence electrons. The van der Waals surface area contributed by atoms with Crippen LogP contribution in [0.15, 0.2) is 23.1 Å². The van der Waals surface area contributed by atoms with Gasteiger partial charge in [0.1, 0.15) is 11.2 Å². The molecule has 5 nitrogen and oxygen atoms in total. The second kappa shape index (κ2) is 7.56. The van der Waals surface area contributed by atoms with Crippen LogP contribution in [0.3, 0.4) is 0 Å². The molecule has 1 aromatic carbocycles. The predicted octanol–water partition coefficient (Wildman–Crippen LogP) is 4.26. The molecule has 0 radical (unpaired) electrons. The van der Waals surface area contributed by atoms with E-state index in [1.807, 2.05) is 0 Å². The van der Waals surface area contributed by atoms with Gasteiger partial charge in [-0.3, -0.25) is 8.75 Å². The summed E-state index contributed by atoms with van der Waals surface area (Å²) in [5.74, 6) is 0. The van der Waals surface area contributed by atoms with Crippen LogP contribution in [0.2, 0.25) is 0 Å². The lowest BCUT2D eigenvalue weighted by molar-refractivity contribution is -0.140. The minimum Gasteiger partial charge on any atom is -0.324 e. The molecule has 1 aromatic rings. The van der Waals surface area contributed by atoms with Crippen molar-refractivity contribution in [2.45, 2.75) is 44.4 Å². The Bertz CT molecular complexity index is 728. The molecule has 0 N–H and O–H groups in total. The molecule has 0 aliphatic heterocycles. The van der Waals surface area contributed by atoms with Crippen molar-refractivity contribution in [3.63, 3.8) is 0 Å². The Morgan fingerprint density at radius 2 is 1.83 bits per heavy atom. The van der Waals surface area contributed by atoms with E-state index in [1.54, 1.807) is 13.8 Å². The molecular weight excluding hydrogens is 368 g/mol. The van der Waals surface area contributed by atoms with Crippen LogP contribution in [0.4, 0.5) is 13.2 Å². The average Bonchev–Trinajstić information content (AvgIpc) is 2.42. The monoisotopic (exact) mass is 388 g/mol. The molecule has 0 heterocycles. The average molecular weight is 388 g/mol. The topological polar surface area (TPSA) is 69.7 Å². The Morgan fingerprint density at radius 3 is 2.29 bits per heavy atom. The fraction of sp³-hybridized carbons (Fsp3) is 0.571. The minimum atomic E-state index is -4.86. The van der Waals surface area contributed by atoms with Crippen LogP contribution in [-0.4, -0.2) is 27.5 Å². The first-order valence-electron chi connectivity index (χ1n) is 7.13. The maximum Gasteiger partial charge on any atom is 0.417 e. The summed E-state index contributed by atoms with van der Waals surface area (Å²) in [6.07, 6.45) is -6.07. The zero-order valence-electron chi connectivity index (χ0n) is 13.8. The maximum absolute atomic E-state index is 13.1. The van der Waals surface area contributed by atoms with E-state index in [2.05, 4.69) is 4.18 Å². The number of benzene rings is 1. The second-order valence-corrected chi connectivity index (χ2v) is 9.56. The summed E-state index contributed by atoms with van der Waals surface area (Å²) in [5.41, 5.74) is -1.34. The Labute approximate surface area is 139 Å². The van der Waals surface area contributed by atoms with Crippen LogP contribution >= 0.6 is 7.37 Å². The number of hydrogen-bond acceptors (Lipinski definition) is 5. The highest BCUT2D eigenvalue weighted by Gasteiger charge is 2.39. The van der Waals surface area contributed by atoms with Crippen LogP contribution < -0.4 is 0 Å². The number of rotatable bonds is 7. The van der Waals surface area contributed by atoms with Crippen LogP contribution in [0, 0.1) is 0 Å². The first-order chi connectivity index (χ1) is 10.8. The molecule has 1 unspecified atom stereocenters. The van der Waals surface area contributed by atoms with Crippen molar-refractivity contribution in [3.8, 4) is 0 Å². The zero-order chi connectivity index (χ0) is 18.8. The van der Waals surface area contributed by atoms with Gasteiger partial charge in [-0.15, -0.1) is 0 Å². The van der Waals surface area contributed by atoms with Crippen LogP contribution in [0.1, 0.15) is 31.9 Å². The highest BCUT2D eigenvalue weighted by atomic mass is 32.2. The molecule has 0 saturated carbocycles. The Kier molecular flexibility index (Phi) is 6.66. The molecule has 0 aromatic heterocycles. The van der Waals surface area contributed by atoms with Crippen molar-refractivity contribution >= 4 is 17.5 Å². The highest BCUT2D eigenvalue weighted by molar-refractivity contribution is 7.87. The molecule has 10 heteroatoms. The molecule has 0 spiro atoms. The first-order valence-corrected chi connectivity index (χ1v) is 10.8. The summed E-state index contributed by atoms with van der Waals surface area (Å²) in [6, 6.07) is 3.08. The van der Waals surface area contributed by atoms with Crippen molar-refractivity contribution < 1.29 is 34.9 Å². The molecule has 1 rings (SSSR count). The standard InChI is InChI=1S/C14H20F3O5PS/c1-5-11-7-6-8-12(14(15,16)17)13(11)24(19,20)21-9-23(4,18)22-10(2)3/h6-8,10H,5,9H2,1-4H3. The van der Waals surface area contributed by atoms with E-state index in [4.69, 9.17) is 4.52 Å². The van der Waals surface area contributed by atoms with Crippen LogP contribution in [0.5, 0.6) is 0 Å². The van der Waals surface area contributed by atoms with Gasteiger partial charge in [-0.1, -0.05) is 19.1 Å². The third-order valence-corrected chi connectivity index (χ3v) is 5.96. The summed E-state index contributed by atoms with van der Waals surface area (Å²) in [5, 5.41) is 0. The summed E-state index contributed by atoms with van der Waals surface area (Å²) in [4.78, 5) is -0.940. The Hall–Kier alpha value is -0.890. The van der Waals surface area contributed by atoms with Gasteiger partial charge >= 0.3 is 6.18 Å². The van der Waals surface area contributed by atoms with Crippen molar-refractivity contribution in [1.29, 1.82) is 0 Å². The van der Waals surface area contributed by atoms with Crippen molar-refractivity contribution in [2.24, 2.45) is 0 Å². The van der Waals surface area contributed by atoms with Gasteiger partial charge < -0.3 is 4.52 Å². The van der Waals surface area contributed by atoms with Crippen LogP contribution in [-0.2, 0) is 36.0 Å². The van der Waals surface area contributed by atoms with E-state index in [9.17, 15) is 26.2 Å². The van der Waals surface area contributed by atoms with E-state index in [0.717, 1.165) is 6.07 Å². The number of alkyl halides is 3. The quantitative estimate of drug-likeness (QED) is 0.516. The maximum atomic E-state index is 13.1. The van der Waals surface area contributed by atoms with Crippen LogP contribution in [0.25, 0.3) is 0 Å². The molecule has 0 bridgehead atoms. The Morgan fingerprint density at radius 1 is 1.25 bits per heavy atom. The van der Waals surface area contributed by atoms with Gasteiger partial charge in [-0.05, 0) is 31.9 Å². The number of halogens is 3. The van der Waals surface area contributed by atoms with Gasteiger partial charge in [0.05, 0.1) is 11.7 Å². The molecule has 0 fully saturated rings. The SMILES string of the molecule is CCc1cccc(C(F)(F)F)c1S(=O)(=O)OCP(C)(=O)OC(C)C. The van der Waals surface area contributed by atoms with E-state index in [-0.39, 0.29) is 12.0 Å². The van der Waals surface area contributed by atoms with Crippen molar-refractivity contribution in [3.05, 3.63) is 29.3 Å². The second-order valence-electron chi connectivity index (χ2n) is 5.51. The predicted molar refractivity (Wildman–Crippen MR) is 83.7 cm³/mol. The zero-order valence-corrected chi connectivity index (χ0v) is 15.5. The van der Waals surface area contributed by atoms with E-state index in [1.165, 1.54) is 19.7 Å². The lowest BCUT2D eigenvalue weighted by Gasteiger charge is -2.19. The third-order valence-electron chi connectivity index (χ3n) is 2.91. The summed E-state index contributed by atoms with van der Waals surface area (Å²) in [6.45, 7) is 5.89. The molecule has 24 heavy (non-hydrogen) atoms. The highest BCUT2D eigenvalue weighted by Crippen LogP contribution is 2.45. The lowest BCUT2D eigenvalue weighted by Crippen LogP contribution is -2.18. The normalized spacial score (nSPS) is 15.5. The summed E-state index contributed by atoms with van der Waals surface area (Å²) < 4.78 is 85.9. The van der Waals surface area contributed by atoms with E-state index < -0.39 is 46.6 Å². The minimum absolute atomic E-state index is 0.0273. The van der Waals surface area contributed by atoms with Gasteiger partial charge in [0.25, 0.3) is 10.1 Å². The van der Waals surface area contributed by atoms with E-state index >= 15 is 0 Å². The molecule has 1 atom stereocenters. The van der Waals surface area contributed by atoms with Gasteiger partial charge in [0.15, 0.2) is 0 Å². The summed E-state index contributed by atoms with van der Waals surface area (Å²) in [7, 11) is -8.19. The lowest BCUT2D eigenvalue weighted by atomic mass is 10.1. The largest absolute Gasteiger partial charge is 0.417 e. The van der Waals surface area contributed by atoms with Crippen molar-refractivity contribution in [1.82, 2.24) is 0 Å². The molecule has 0 saturated heterocycles. The van der Waals surface area contributed by atoms with Gasteiger partial charge in [0, 0.05) is 6.66 Å². The fourth-order valence-corrected chi connectivity index (χ4v) is 5.46. The summed E-state index contributed by atoms with van der Waals surface area (Å²) >= 11 is 0. The van der Waals surface area contributed by atoms with Gasteiger partial charge in [-0.2, -0.15) is 21.6 Å². The van der Waals surface area contributed by atoms with Crippen molar-refractivity contribution in [2.75, 3.05) is 13.0 Å². The van der Waals surface area contributed by atoms with Gasteiger partial charge in [0.2, 0.25) is 7.37 Å². The smallest absolute Gasteiger partial charge is 0.324 e. The Balaban J connectivity index is 3.26.